The van der Waals surface area contributed by atoms with Crippen molar-refractivity contribution in [3.8, 4) is 6.07 Å². The van der Waals surface area contributed by atoms with Gasteiger partial charge in [0.15, 0.2) is 0 Å². The van der Waals surface area contributed by atoms with Gasteiger partial charge in [0.1, 0.15) is 0 Å². The molecule has 2 aromatic rings. The smallest absolute Gasteiger partial charge is 0.0991 e. The maximum Gasteiger partial charge on any atom is 0.0991 e. The standard InChI is InChI=1S/C14H13NOS/c1-14(16,9-13-3-2-8-17-13)12-6-4-11(10-15)5-7-12/h2-8,16H,9H2,1H3. The van der Waals surface area contributed by atoms with Crippen molar-refractivity contribution in [3.05, 3.63) is 57.8 Å². The predicted octanol–water partition coefficient (Wildman–Crippen LogP) is 3.07. The van der Waals surface area contributed by atoms with Gasteiger partial charge in [0, 0.05) is 11.3 Å². The van der Waals surface area contributed by atoms with Gasteiger partial charge in [-0.1, -0.05) is 18.2 Å². The molecule has 1 aromatic heterocycles. The number of thiophene rings is 1. The van der Waals surface area contributed by atoms with Crippen LogP contribution in [0.15, 0.2) is 41.8 Å². The minimum atomic E-state index is -0.890. The van der Waals surface area contributed by atoms with Gasteiger partial charge in [-0.15, -0.1) is 11.3 Å². The fraction of sp³-hybridized carbons (Fsp3) is 0.214. The summed E-state index contributed by atoms with van der Waals surface area (Å²) in [6.45, 7) is 1.80. The van der Waals surface area contributed by atoms with Gasteiger partial charge in [-0.25, -0.2) is 0 Å². The molecule has 0 aliphatic carbocycles. The largest absolute Gasteiger partial charge is 0.385 e. The summed E-state index contributed by atoms with van der Waals surface area (Å²) in [4.78, 5) is 1.15. The Morgan fingerprint density at radius 2 is 2.00 bits per heavy atom. The quantitative estimate of drug-likeness (QED) is 0.900. The highest BCUT2D eigenvalue weighted by Gasteiger charge is 2.23. The molecule has 0 saturated heterocycles. The second-order valence-corrected chi connectivity index (χ2v) is 5.25. The number of nitrogens with zero attached hydrogens (tertiary/aromatic N) is 1. The Labute approximate surface area is 105 Å². The SMILES string of the molecule is CC(O)(Cc1cccs1)c1ccc(C#N)cc1. The first-order valence-corrected chi connectivity index (χ1v) is 6.25. The van der Waals surface area contributed by atoms with Gasteiger partial charge in [-0.3, -0.25) is 0 Å². The molecule has 0 saturated carbocycles. The van der Waals surface area contributed by atoms with E-state index in [9.17, 15) is 5.11 Å². The lowest BCUT2D eigenvalue weighted by molar-refractivity contribution is 0.0585. The summed E-state index contributed by atoms with van der Waals surface area (Å²) in [5, 5.41) is 21.2. The van der Waals surface area contributed by atoms with E-state index in [1.54, 1.807) is 30.4 Å². The van der Waals surface area contributed by atoms with E-state index < -0.39 is 5.60 Å². The van der Waals surface area contributed by atoms with Crippen LogP contribution in [0.25, 0.3) is 0 Å². The van der Waals surface area contributed by atoms with E-state index in [1.807, 2.05) is 29.6 Å². The average Bonchev–Trinajstić information content (AvgIpc) is 2.81. The maximum atomic E-state index is 10.4. The number of nitriles is 1. The molecule has 1 atom stereocenters. The van der Waals surface area contributed by atoms with Crippen molar-refractivity contribution in [2.45, 2.75) is 18.9 Å². The van der Waals surface area contributed by atoms with Crippen molar-refractivity contribution in [1.29, 1.82) is 5.26 Å². The Kier molecular flexibility index (Phi) is 3.28. The van der Waals surface area contributed by atoms with Crippen LogP contribution in [0.4, 0.5) is 0 Å². The molecular formula is C14H13NOS. The number of hydrogen-bond acceptors (Lipinski definition) is 3. The number of hydrogen-bond donors (Lipinski definition) is 1. The third-order valence-electron chi connectivity index (χ3n) is 2.73. The topological polar surface area (TPSA) is 44.0 Å². The van der Waals surface area contributed by atoms with Crippen LogP contribution in [-0.2, 0) is 12.0 Å². The fourth-order valence-corrected chi connectivity index (χ4v) is 2.61. The molecule has 0 aliphatic heterocycles. The Morgan fingerprint density at radius 1 is 1.29 bits per heavy atom. The molecule has 1 N–H and O–H groups in total. The molecule has 0 amide bonds. The Hall–Kier alpha value is -1.63. The molecule has 2 rings (SSSR count). The molecule has 0 radical (unpaired) electrons. The van der Waals surface area contributed by atoms with Crippen molar-refractivity contribution >= 4 is 11.3 Å². The van der Waals surface area contributed by atoms with E-state index in [0.717, 1.165) is 10.4 Å². The van der Waals surface area contributed by atoms with E-state index >= 15 is 0 Å². The molecule has 0 fully saturated rings. The van der Waals surface area contributed by atoms with Crippen LogP contribution in [-0.4, -0.2) is 5.11 Å². The van der Waals surface area contributed by atoms with Crippen LogP contribution >= 0.6 is 11.3 Å². The summed E-state index contributed by atoms with van der Waals surface area (Å²) < 4.78 is 0. The molecule has 1 unspecified atom stereocenters. The van der Waals surface area contributed by atoms with Gasteiger partial charge in [0.25, 0.3) is 0 Å². The summed E-state index contributed by atoms with van der Waals surface area (Å²) in [6.07, 6.45) is 0.594. The molecule has 3 heteroatoms. The zero-order valence-electron chi connectivity index (χ0n) is 9.55. The first kappa shape index (κ1) is 11.8. The van der Waals surface area contributed by atoms with Gasteiger partial charge < -0.3 is 5.11 Å². The lowest BCUT2D eigenvalue weighted by Crippen LogP contribution is -2.23. The minimum absolute atomic E-state index is 0.594. The van der Waals surface area contributed by atoms with Crippen molar-refractivity contribution in [3.63, 3.8) is 0 Å². The van der Waals surface area contributed by atoms with Crippen LogP contribution in [0.1, 0.15) is 22.9 Å². The molecule has 2 nitrogen and oxygen atoms in total. The number of rotatable bonds is 3. The molecule has 1 heterocycles. The Balaban J connectivity index is 2.22. The van der Waals surface area contributed by atoms with Crippen molar-refractivity contribution in [1.82, 2.24) is 0 Å². The van der Waals surface area contributed by atoms with E-state index in [0.29, 0.717) is 12.0 Å². The first-order valence-electron chi connectivity index (χ1n) is 5.37. The summed E-state index contributed by atoms with van der Waals surface area (Å²) in [6, 6.07) is 13.2. The van der Waals surface area contributed by atoms with Crippen molar-refractivity contribution in [2.75, 3.05) is 0 Å². The fourth-order valence-electron chi connectivity index (χ4n) is 1.76. The van der Waals surface area contributed by atoms with Crippen LogP contribution < -0.4 is 0 Å². The lowest BCUT2D eigenvalue weighted by atomic mass is 9.91. The van der Waals surface area contributed by atoms with Gasteiger partial charge in [-0.05, 0) is 36.1 Å². The molecule has 0 aliphatic rings. The molecule has 86 valence electrons. The van der Waals surface area contributed by atoms with E-state index in [1.165, 1.54) is 0 Å². The predicted molar refractivity (Wildman–Crippen MR) is 68.8 cm³/mol. The Morgan fingerprint density at radius 3 is 2.53 bits per heavy atom. The van der Waals surface area contributed by atoms with Crippen LogP contribution in [0.3, 0.4) is 0 Å². The second-order valence-electron chi connectivity index (χ2n) is 4.22. The zero-order valence-corrected chi connectivity index (χ0v) is 10.4. The monoisotopic (exact) mass is 243 g/mol. The highest BCUT2D eigenvalue weighted by Crippen LogP contribution is 2.27. The third kappa shape index (κ3) is 2.73. The van der Waals surface area contributed by atoms with Gasteiger partial charge in [0.2, 0.25) is 0 Å². The summed E-state index contributed by atoms with van der Waals surface area (Å²) in [5.41, 5.74) is 0.560. The minimum Gasteiger partial charge on any atom is -0.385 e. The van der Waals surface area contributed by atoms with Crippen LogP contribution in [0.5, 0.6) is 0 Å². The lowest BCUT2D eigenvalue weighted by Gasteiger charge is -2.23. The third-order valence-corrected chi connectivity index (χ3v) is 3.61. The van der Waals surface area contributed by atoms with Gasteiger partial charge in [-0.2, -0.15) is 5.26 Å². The number of aliphatic hydroxyl groups is 1. The molecule has 0 spiro atoms. The van der Waals surface area contributed by atoms with E-state index in [2.05, 4.69) is 6.07 Å². The summed E-state index contributed by atoms with van der Waals surface area (Å²) in [5.74, 6) is 0. The number of benzene rings is 1. The molecule has 17 heavy (non-hydrogen) atoms. The van der Waals surface area contributed by atoms with Gasteiger partial charge >= 0.3 is 0 Å². The molecule has 1 aromatic carbocycles. The normalized spacial score (nSPS) is 13.9. The molecule has 0 bridgehead atoms. The average molecular weight is 243 g/mol. The first-order chi connectivity index (χ1) is 8.12. The van der Waals surface area contributed by atoms with Crippen LogP contribution in [0.2, 0.25) is 0 Å². The summed E-state index contributed by atoms with van der Waals surface area (Å²) >= 11 is 1.64. The van der Waals surface area contributed by atoms with E-state index in [-0.39, 0.29) is 0 Å². The zero-order chi connectivity index (χ0) is 12.3. The van der Waals surface area contributed by atoms with Crippen LogP contribution in [0, 0.1) is 11.3 Å². The highest BCUT2D eigenvalue weighted by molar-refractivity contribution is 7.09. The van der Waals surface area contributed by atoms with E-state index in [4.69, 9.17) is 5.26 Å². The second kappa shape index (κ2) is 4.70. The maximum absolute atomic E-state index is 10.4. The van der Waals surface area contributed by atoms with Gasteiger partial charge in [0.05, 0.1) is 17.2 Å². The Bertz CT molecular complexity index is 520. The molecular weight excluding hydrogens is 230 g/mol. The summed E-state index contributed by atoms with van der Waals surface area (Å²) in [7, 11) is 0. The highest BCUT2D eigenvalue weighted by atomic mass is 32.1. The van der Waals surface area contributed by atoms with Crippen molar-refractivity contribution < 1.29 is 5.11 Å². The van der Waals surface area contributed by atoms with Crippen molar-refractivity contribution in [2.24, 2.45) is 0 Å².